The Kier molecular flexibility index (Phi) is 6.41. The second-order valence-electron chi connectivity index (χ2n) is 5.19. The fourth-order valence-electron chi connectivity index (χ4n) is 2.35. The van der Waals surface area contributed by atoms with Crippen LogP contribution in [0.4, 0.5) is 0 Å². The van der Waals surface area contributed by atoms with Gasteiger partial charge in [-0.2, -0.15) is 5.10 Å². The van der Waals surface area contributed by atoms with E-state index in [-0.39, 0.29) is 0 Å². The zero-order chi connectivity index (χ0) is 13.5. The number of hydrogen-bond acceptors (Lipinski definition) is 2. The number of aromatic nitrogens is 2. The van der Waals surface area contributed by atoms with Crippen LogP contribution in [0.1, 0.15) is 57.0 Å². The summed E-state index contributed by atoms with van der Waals surface area (Å²) in [5.41, 5.74) is 3.90. The van der Waals surface area contributed by atoms with Crippen molar-refractivity contribution in [1.82, 2.24) is 15.1 Å². The highest BCUT2D eigenvalue weighted by Crippen LogP contribution is 2.17. The van der Waals surface area contributed by atoms with E-state index in [4.69, 9.17) is 5.10 Å². The molecule has 104 valence electrons. The molecule has 0 saturated carbocycles. The van der Waals surface area contributed by atoms with Crippen molar-refractivity contribution in [2.45, 2.75) is 67.0 Å². The lowest BCUT2D eigenvalue weighted by atomic mass is 10.0. The van der Waals surface area contributed by atoms with Crippen LogP contribution in [0, 0.1) is 19.8 Å². The molecule has 0 amide bonds. The summed E-state index contributed by atoms with van der Waals surface area (Å²) in [6.07, 6.45) is 3.65. The average molecular weight is 251 g/mol. The fourth-order valence-corrected chi connectivity index (χ4v) is 2.35. The monoisotopic (exact) mass is 251 g/mol. The summed E-state index contributed by atoms with van der Waals surface area (Å²) in [5.74, 6) is 0.749. The normalized spacial score (nSPS) is 11.4. The number of nitrogens with one attached hydrogen (secondary N) is 1. The summed E-state index contributed by atoms with van der Waals surface area (Å²) in [7, 11) is 0. The predicted molar refractivity (Wildman–Crippen MR) is 77.8 cm³/mol. The van der Waals surface area contributed by atoms with Crippen molar-refractivity contribution in [3.8, 4) is 0 Å². The van der Waals surface area contributed by atoms with Crippen LogP contribution < -0.4 is 5.32 Å². The maximum absolute atomic E-state index is 4.70. The molecule has 0 aliphatic heterocycles. The van der Waals surface area contributed by atoms with Crippen LogP contribution in [0.5, 0.6) is 0 Å². The lowest BCUT2D eigenvalue weighted by Gasteiger charge is -2.13. The van der Waals surface area contributed by atoms with Crippen LogP contribution in [-0.4, -0.2) is 16.3 Å². The SMILES string of the molecule is CCCNCc1c(C)nn(CC(CC)CC)c1C. The lowest BCUT2D eigenvalue weighted by Crippen LogP contribution is -2.15. The smallest absolute Gasteiger partial charge is 0.0641 e. The molecule has 1 rings (SSSR count). The Balaban J connectivity index is 2.73. The Morgan fingerprint density at radius 1 is 1.17 bits per heavy atom. The van der Waals surface area contributed by atoms with Gasteiger partial charge >= 0.3 is 0 Å². The van der Waals surface area contributed by atoms with E-state index in [1.165, 1.54) is 36.2 Å². The van der Waals surface area contributed by atoms with Crippen LogP contribution >= 0.6 is 0 Å². The van der Waals surface area contributed by atoms with Gasteiger partial charge in [0.1, 0.15) is 0 Å². The largest absolute Gasteiger partial charge is 0.313 e. The van der Waals surface area contributed by atoms with E-state index in [0.29, 0.717) is 0 Å². The third kappa shape index (κ3) is 3.84. The summed E-state index contributed by atoms with van der Waals surface area (Å²) >= 11 is 0. The molecule has 3 nitrogen and oxygen atoms in total. The van der Waals surface area contributed by atoms with E-state index in [0.717, 1.165) is 25.6 Å². The highest BCUT2D eigenvalue weighted by molar-refractivity contribution is 5.24. The summed E-state index contributed by atoms with van der Waals surface area (Å²) in [4.78, 5) is 0. The molecule has 1 N–H and O–H groups in total. The first kappa shape index (κ1) is 15.2. The summed E-state index contributed by atoms with van der Waals surface area (Å²) in [6.45, 7) is 14.2. The van der Waals surface area contributed by atoms with E-state index in [9.17, 15) is 0 Å². The molecular weight excluding hydrogens is 222 g/mol. The Labute approximate surface area is 112 Å². The Bertz CT molecular complexity index is 351. The second-order valence-corrected chi connectivity index (χ2v) is 5.19. The molecule has 1 aromatic rings. The Morgan fingerprint density at radius 2 is 1.83 bits per heavy atom. The van der Waals surface area contributed by atoms with Crippen molar-refractivity contribution in [1.29, 1.82) is 0 Å². The molecule has 0 saturated heterocycles. The van der Waals surface area contributed by atoms with Gasteiger partial charge in [0.15, 0.2) is 0 Å². The van der Waals surface area contributed by atoms with Gasteiger partial charge in [-0.25, -0.2) is 0 Å². The minimum atomic E-state index is 0.749. The first-order valence-corrected chi connectivity index (χ1v) is 7.37. The van der Waals surface area contributed by atoms with Crippen LogP contribution in [0.3, 0.4) is 0 Å². The molecule has 3 heteroatoms. The van der Waals surface area contributed by atoms with E-state index in [2.05, 4.69) is 44.6 Å². The van der Waals surface area contributed by atoms with Crippen molar-refractivity contribution >= 4 is 0 Å². The van der Waals surface area contributed by atoms with Gasteiger partial charge in [-0.3, -0.25) is 4.68 Å². The van der Waals surface area contributed by atoms with Gasteiger partial charge in [-0.1, -0.05) is 33.6 Å². The molecule has 0 aromatic carbocycles. The molecule has 0 atom stereocenters. The third-order valence-electron chi connectivity index (χ3n) is 3.85. The fraction of sp³-hybridized carbons (Fsp3) is 0.800. The molecule has 0 bridgehead atoms. The van der Waals surface area contributed by atoms with E-state index >= 15 is 0 Å². The average Bonchev–Trinajstić information content (AvgIpc) is 2.63. The van der Waals surface area contributed by atoms with Crippen LogP contribution in [0.2, 0.25) is 0 Å². The topological polar surface area (TPSA) is 29.9 Å². The van der Waals surface area contributed by atoms with E-state index < -0.39 is 0 Å². The minimum Gasteiger partial charge on any atom is -0.313 e. The molecule has 0 radical (unpaired) electrons. The van der Waals surface area contributed by atoms with Crippen molar-refractivity contribution in [2.24, 2.45) is 5.92 Å². The summed E-state index contributed by atoms with van der Waals surface area (Å²) in [5, 5.41) is 8.18. The molecule has 0 spiro atoms. The van der Waals surface area contributed by atoms with Gasteiger partial charge in [-0.15, -0.1) is 0 Å². The van der Waals surface area contributed by atoms with Gasteiger partial charge in [0.05, 0.1) is 5.69 Å². The summed E-state index contributed by atoms with van der Waals surface area (Å²) < 4.78 is 2.20. The number of rotatable bonds is 8. The van der Waals surface area contributed by atoms with E-state index in [1.54, 1.807) is 0 Å². The Hall–Kier alpha value is -0.830. The van der Waals surface area contributed by atoms with Crippen LogP contribution in [-0.2, 0) is 13.1 Å². The maximum atomic E-state index is 4.70. The molecule has 0 aliphatic rings. The van der Waals surface area contributed by atoms with Gasteiger partial charge in [0.25, 0.3) is 0 Å². The van der Waals surface area contributed by atoms with Crippen molar-refractivity contribution in [3.05, 3.63) is 17.0 Å². The third-order valence-corrected chi connectivity index (χ3v) is 3.85. The van der Waals surface area contributed by atoms with Gasteiger partial charge < -0.3 is 5.32 Å². The number of nitrogens with zero attached hydrogens (tertiary/aromatic N) is 2. The number of hydrogen-bond donors (Lipinski definition) is 1. The van der Waals surface area contributed by atoms with Gasteiger partial charge in [0.2, 0.25) is 0 Å². The molecule has 1 heterocycles. The quantitative estimate of drug-likeness (QED) is 0.717. The molecule has 1 aromatic heterocycles. The zero-order valence-corrected chi connectivity index (χ0v) is 12.7. The number of aryl methyl sites for hydroxylation is 1. The lowest BCUT2D eigenvalue weighted by molar-refractivity contribution is 0.390. The van der Waals surface area contributed by atoms with E-state index in [1.807, 2.05) is 0 Å². The molecule has 0 unspecified atom stereocenters. The van der Waals surface area contributed by atoms with Crippen molar-refractivity contribution in [2.75, 3.05) is 6.54 Å². The van der Waals surface area contributed by atoms with Gasteiger partial charge in [0, 0.05) is 24.3 Å². The first-order chi connectivity index (χ1) is 8.63. The highest BCUT2D eigenvalue weighted by Gasteiger charge is 2.13. The van der Waals surface area contributed by atoms with Gasteiger partial charge in [-0.05, 0) is 32.7 Å². The standard InChI is InChI=1S/C15H29N3/c1-6-9-16-10-15-12(4)17-18(13(15)5)11-14(7-2)8-3/h14,16H,6-11H2,1-5H3. The second kappa shape index (κ2) is 7.57. The van der Waals surface area contributed by atoms with Crippen molar-refractivity contribution < 1.29 is 0 Å². The maximum Gasteiger partial charge on any atom is 0.0641 e. The zero-order valence-electron chi connectivity index (χ0n) is 12.7. The molecule has 0 aliphatic carbocycles. The summed E-state index contributed by atoms with van der Waals surface area (Å²) in [6, 6.07) is 0. The Morgan fingerprint density at radius 3 is 2.39 bits per heavy atom. The predicted octanol–water partition coefficient (Wildman–Crippen LogP) is 3.44. The first-order valence-electron chi connectivity index (χ1n) is 7.37. The van der Waals surface area contributed by atoms with Crippen LogP contribution in [0.25, 0.3) is 0 Å². The van der Waals surface area contributed by atoms with Crippen molar-refractivity contribution in [3.63, 3.8) is 0 Å². The highest BCUT2D eigenvalue weighted by atomic mass is 15.3. The molecular formula is C15H29N3. The minimum absolute atomic E-state index is 0.749. The molecule has 0 fully saturated rings. The van der Waals surface area contributed by atoms with Crippen LogP contribution in [0.15, 0.2) is 0 Å². The molecule has 18 heavy (non-hydrogen) atoms.